The molecule has 1 heterocycles. The number of hydrogen-bond donors (Lipinski definition) is 2. The zero-order valence-electron chi connectivity index (χ0n) is 18.1. The molecule has 0 aliphatic carbocycles. The van der Waals surface area contributed by atoms with Crippen LogP contribution in [0, 0.1) is 0 Å². The van der Waals surface area contributed by atoms with Crippen LogP contribution in [-0.2, 0) is 17.9 Å². The van der Waals surface area contributed by atoms with Crippen molar-refractivity contribution in [1.82, 2.24) is 9.55 Å². The fourth-order valence-corrected chi connectivity index (χ4v) is 4.27. The number of carbonyl (C=O) groups excluding carboxylic acids is 1. The van der Waals surface area contributed by atoms with E-state index < -0.39 is 11.2 Å². The van der Waals surface area contributed by atoms with E-state index in [-0.39, 0.29) is 36.3 Å². The van der Waals surface area contributed by atoms with Crippen molar-refractivity contribution in [2.75, 3.05) is 22.1 Å². The van der Waals surface area contributed by atoms with Gasteiger partial charge in [-0.25, -0.2) is 4.79 Å². The molecule has 0 saturated carbocycles. The van der Waals surface area contributed by atoms with Crippen molar-refractivity contribution in [2.45, 2.75) is 32.9 Å². The summed E-state index contributed by atoms with van der Waals surface area (Å²) in [5.74, 6) is 0.840. The number of hydrogen-bond acceptors (Lipinski definition) is 5. The predicted octanol–water partition coefficient (Wildman–Crippen LogP) is 3.23. The van der Waals surface area contributed by atoms with Gasteiger partial charge in [0.1, 0.15) is 5.82 Å². The summed E-state index contributed by atoms with van der Waals surface area (Å²) in [5.41, 5.74) is 6.79. The number of benzene rings is 2. The molecule has 2 aromatic carbocycles. The standard InChI is InChI=1S/C24H28N4O3S/c1-2-3-14-32-17-20(29)27(15-18-10-6-4-7-11-18)21-22(25)28(24(31)26-23(21)30)16-19-12-8-5-9-13-19/h4-13H,2-3,14-17,25H2,1H3,(H,26,30,31). The summed E-state index contributed by atoms with van der Waals surface area (Å²) in [6.45, 7) is 2.47. The summed E-state index contributed by atoms with van der Waals surface area (Å²) >= 11 is 1.53. The molecule has 0 atom stereocenters. The van der Waals surface area contributed by atoms with E-state index in [9.17, 15) is 14.4 Å². The van der Waals surface area contributed by atoms with Crippen LogP contribution in [0.2, 0.25) is 0 Å². The van der Waals surface area contributed by atoms with Crippen LogP contribution >= 0.6 is 11.8 Å². The molecular formula is C24H28N4O3S. The zero-order chi connectivity index (χ0) is 22.9. The number of nitrogen functional groups attached to an aromatic ring is 1. The molecule has 0 aliphatic rings. The Balaban J connectivity index is 2.00. The van der Waals surface area contributed by atoms with E-state index >= 15 is 0 Å². The molecule has 3 aromatic rings. The van der Waals surface area contributed by atoms with E-state index in [1.165, 1.54) is 21.2 Å². The number of nitrogens with one attached hydrogen (secondary N) is 1. The van der Waals surface area contributed by atoms with Crippen molar-refractivity contribution < 1.29 is 4.79 Å². The number of carbonyl (C=O) groups is 1. The maximum atomic E-state index is 13.2. The molecule has 3 N–H and O–H groups in total. The number of anilines is 2. The number of H-pyrrole nitrogens is 1. The average Bonchev–Trinajstić information content (AvgIpc) is 2.80. The number of aromatic amines is 1. The van der Waals surface area contributed by atoms with Crippen LogP contribution < -0.4 is 21.9 Å². The van der Waals surface area contributed by atoms with E-state index in [2.05, 4.69) is 11.9 Å². The maximum Gasteiger partial charge on any atom is 0.330 e. The monoisotopic (exact) mass is 452 g/mol. The van der Waals surface area contributed by atoms with Gasteiger partial charge >= 0.3 is 5.69 Å². The Kier molecular flexibility index (Phi) is 8.33. The Morgan fingerprint density at radius 1 is 1.03 bits per heavy atom. The van der Waals surface area contributed by atoms with E-state index in [1.54, 1.807) is 0 Å². The summed E-state index contributed by atoms with van der Waals surface area (Å²) in [4.78, 5) is 42.3. The number of aromatic nitrogens is 2. The van der Waals surface area contributed by atoms with Gasteiger partial charge in [0.25, 0.3) is 5.56 Å². The molecule has 7 nitrogen and oxygen atoms in total. The third kappa shape index (κ3) is 5.91. The topological polar surface area (TPSA) is 101 Å². The van der Waals surface area contributed by atoms with Crippen LogP contribution in [0.5, 0.6) is 0 Å². The largest absolute Gasteiger partial charge is 0.383 e. The Morgan fingerprint density at radius 3 is 2.28 bits per heavy atom. The fraction of sp³-hybridized carbons (Fsp3) is 0.292. The third-order valence-corrected chi connectivity index (χ3v) is 6.05. The first-order valence-corrected chi connectivity index (χ1v) is 11.7. The van der Waals surface area contributed by atoms with E-state index in [0.717, 1.165) is 29.7 Å². The first-order chi connectivity index (χ1) is 15.5. The first kappa shape index (κ1) is 23.4. The number of nitrogens with two attached hydrogens (primary N) is 1. The van der Waals surface area contributed by atoms with Gasteiger partial charge < -0.3 is 5.73 Å². The van der Waals surface area contributed by atoms with E-state index in [4.69, 9.17) is 5.73 Å². The van der Waals surface area contributed by atoms with Gasteiger partial charge in [-0.3, -0.25) is 24.0 Å². The van der Waals surface area contributed by atoms with Crippen molar-refractivity contribution >= 4 is 29.2 Å². The van der Waals surface area contributed by atoms with Crippen molar-refractivity contribution in [3.8, 4) is 0 Å². The number of amides is 1. The van der Waals surface area contributed by atoms with Gasteiger partial charge in [0.15, 0.2) is 5.69 Å². The van der Waals surface area contributed by atoms with Gasteiger partial charge in [-0.05, 0) is 23.3 Å². The van der Waals surface area contributed by atoms with Gasteiger partial charge in [0, 0.05) is 0 Å². The maximum absolute atomic E-state index is 13.2. The van der Waals surface area contributed by atoms with Gasteiger partial charge in [-0.2, -0.15) is 11.8 Å². The molecule has 0 spiro atoms. The lowest BCUT2D eigenvalue weighted by atomic mass is 10.2. The molecule has 0 unspecified atom stereocenters. The van der Waals surface area contributed by atoms with E-state index in [0.29, 0.717) is 0 Å². The second kappa shape index (κ2) is 11.4. The first-order valence-electron chi connectivity index (χ1n) is 10.6. The Bertz CT molecular complexity index is 1140. The van der Waals surface area contributed by atoms with Crippen LogP contribution in [0.4, 0.5) is 11.5 Å². The molecule has 0 aliphatic heterocycles. The van der Waals surface area contributed by atoms with Gasteiger partial charge in [-0.1, -0.05) is 74.0 Å². The van der Waals surface area contributed by atoms with Crippen LogP contribution in [0.1, 0.15) is 30.9 Å². The Labute approximate surface area is 191 Å². The van der Waals surface area contributed by atoms with Crippen LogP contribution in [0.3, 0.4) is 0 Å². The lowest BCUT2D eigenvalue weighted by Crippen LogP contribution is -2.41. The number of unbranched alkanes of at least 4 members (excludes halogenated alkanes) is 1. The van der Waals surface area contributed by atoms with Crippen molar-refractivity contribution in [2.24, 2.45) is 0 Å². The Hall–Kier alpha value is -3.26. The third-order valence-electron chi connectivity index (χ3n) is 5.02. The summed E-state index contributed by atoms with van der Waals surface area (Å²) < 4.78 is 1.29. The van der Waals surface area contributed by atoms with Crippen LogP contribution in [0.25, 0.3) is 0 Å². The average molecular weight is 453 g/mol. The highest BCUT2D eigenvalue weighted by Crippen LogP contribution is 2.22. The second-order valence-electron chi connectivity index (χ2n) is 7.44. The highest BCUT2D eigenvalue weighted by Gasteiger charge is 2.24. The summed E-state index contributed by atoms with van der Waals surface area (Å²) in [6.07, 6.45) is 2.06. The minimum atomic E-state index is -0.667. The molecular weight excluding hydrogens is 424 g/mol. The predicted molar refractivity (Wildman–Crippen MR) is 131 cm³/mol. The van der Waals surface area contributed by atoms with Crippen molar-refractivity contribution in [1.29, 1.82) is 0 Å². The molecule has 3 rings (SSSR count). The molecule has 1 amide bonds. The number of rotatable bonds is 10. The zero-order valence-corrected chi connectivity index (χ0v) is 18.9. The highest BCUT2D eigenvalue weighted by atomic mass is 32.2. The van der Waals surface area contributed by atoms with Gasteiger partial charge in [0.2, 0.25) is 5.91 Å². The van der Waals surface area contributed by atoms with Crippen molar-refractivity contribution in [3.05, 3.63) is 92.6 Å². The minimum absolute atomic E-state index is 0.00507. The molecule has 0 fully saturated rings. The molecule has 0 bridgehead atoms. The van der Waals surface area contributed by atoms with Crippen molar-refractivity contribution in [3.63, 3.8) is 0 Å². The Morgan fingerprint density at radius 2 is 1.66 bits per heavy atom. The molecule has 0 saturated heterocycles. The highest BCUT2D eigenvalue weighted by molar-refractivity contribution is 7.99. The number of thioether (sulfide) groups is 1. The summed E-state index contributed by atoms with van der Waals surface area (Å²) in [7, 11) is 0. The molecule has 1 aromatic heterocycles. The summed E-state index contributed by atoms with van der Waals surface area (Å²) in [5, 5.41) is 0. The quantitative estimate of drug-likeness (QED) is 0.460. The number of nitrogens with zero attached hydrogens (tertiary/aromatic N) is 2. The van der Waals surface area contributed by atoms with Crippen LogP contribution in [-0.4, -0.2) is 27.0 Å². The van der Waals surface area contributed by atoms with E-state index in [1.807, 2.05) is 60.7 Å². The molecule has 32 heavy (non-hydrogen) atoms. The molecule has 8 heteroatoms. The molecule has 0 radical (unpaired) electrons. The smallest absolute Gasteiger partial charge is 0.330 e. The second-order valence-corrected chi connectivity index (χ2v) is 8.54. The summed E-state index contributed by atoms with van der Waals surface area (Å²) in [6, 6.07) is 18.7. The van der Waals surface area contributed by atoms with Crippen LogP contribution in [0.15, 0.2) is 70.3 Å². The fourth-order valence-electron chi connectivity index (χ4n) is 3.30. The lowest BCUT2D eigenvalue weighted by Gasteiger charge is -2.24. The minimum Gasteiger partial charge on any atom is -0.383 e. The SMILES string of the molecule is CCCCSCC(=O)N(Cc1ccccc1)c1c(N)n(Cc2ccccc2)c(=O)[nH]c1=O. The molecule has 168 valence electrons. The van der Waals surface area contributed by atoms with Gasteiger partial charge in [0.05, 0.1) is 18.8 Å². The lowest BCUT2D eigenvalue weighted by molar-refractivity contribution is -0.116. The van der Waals surface area contributed by atoms with Gasteiger partial charge in [-0.15, -0.1) is 0 Å². The normalized spacial score (nSPS) is 10.8.